The fraction of sp³-hybridized carbons (Fsp3) is 0.600. The Morgan fingerprint density at radius 1 is 1.57 bits per heavy atom. The Morgan fingerprint density at radius 2 is 2.29 bits per heavy atom. The van der Waals surface area contributed by atoms with Gasteiger partial charge in [0.25, 0.3) is 0 Å². The van der Waals surface area contributed by atoms with Crippen molar-refractivity contribution in [3.8, 4) is 0 Å². The summed E-state index contributed by atoms with van der Waals surface area (Å²) in [4.78, 5) is 1.14. The third kappa shape index (κ3) is 2.97. The topological polar surface area (TPSA) is 58.3 Å². The van der Waals surface area contributed by atoms with Crippen LogP contribution < -0.4 is 11.1 Å². The number of hydrogen-bond donors (Lipinski definition) is 3. The molecule has 0 aliphatic carbocycles. The van der Waals surface area contributed by atoms with Crippen LogP contribution in [0.4, 0.5) is 5.69 Å². The van der Waals surface area contributed by atoms with Gasteiger partial charge in [0.05, 0.1) is 6.61 Å². The zero-order valence-corrected chi connectivity index (χ0v) is 9.47. The zero-order chi connectivity index (χ0) is 10.6. The lowest BCUT2D eigenvalue weighted by Crippen LogP contribution is -2.36. The van der Waals surface area contributed by atoms with Crippen molar-refractivity contribution in [2.24, 2.45) is 5.92 Å². The number of nitrogens with two attached hydrogens (primary N) is 1. The molecule has 0 saturated heterocycles. The molecular weight excluding hydrogens is 196 g/mol. The predicted molar refractivity (Wildman–Crippen MR) is 61.3 cm³/mol. The van der Waals surface area contributed by atoms with Crippen LogP contribution in [-0.4, -0.2) is 17.8 Å². The van der Waals surface area contributed by atoms with Crippen LogP contribution in [0.3, 0.4) is 0 Å². The molecular formula is C10H18N2OS. The van der Waals surface area contributed by atoms with Gasteiger partial charge in [0.2, 0.25) is 0 Å². The van der Waals surface area contributed by atoms with Crippen molar-refractivity contribution < 1.29 is 5.11 Å². The van der Waals surface area contributed by atoms with Crippen molar-refractivity contribution in [1.82, 2.24) is 5.32 Å². The molecule has 1 aromatic heterocycles. The van der Waals surface area contributed by atoms with E-state index >= 15 is 0 Å². The summed E-state index contributed by atoms with van der Waals surface area (Å²) in [5.41, 5.74) is 6.59. The predicted octanol–water partition coefficient (Wildman–Crippen LogP) is 1.44. The molecule has 0 amide bonds. The summed E-state index contributed by atoms with van der Waals surface area (Å²) in [5, 5.41) is 14.4. The molecule has 0 aliphatic heterocycles. The minimum absolute atomic E-state index is 0.150. The number of aliphatic hydroxyl groups is 1. The van der Waals surface area contributed by atoms with E-state index in [4.69, 9.17) is 10.8 Å². The molecule has 1 rings (SSSR count). The van der Waals surface area contributed by atoms with Gasteiger partial charge in [0, 0.05) is 23.2 Å². The van der Waals surface area contributed by atoms with Gasteiger partial charge in [-0.25, -0.2) is 0 Å². The van der Waals surface area contributed by atoms with Crippen molar-refractivity contribution in [2.75, 3.05) is 12.3 Å². The Balaban J connectivity index is 2.43. The van der Waals surface area contributed by atoms with Crippen molar-refractivity contribution in [3.63, 3.8) is 0 Å². The van der Waals surface area contributed by atoms with Crippen LogP contribution in [0.25, 0.3) is 0 Å². The van der Waals surface area contributed by atoms with Crippen LogP contribution >= 0.6 is 11.3 Å². The first-order valence-corrected chi connectivity index (χ1v) is 5.69. The Morgan fingerprint density at radius 3 is 2.71 bits per heavy atom. The van der Waals surface area contributed by atoms with Crippen LogP contribution in [0.1, 0.15) is 18.7 Å². The second-order valence-corrected chi connectivity index (χ2v) is 4.71. The standard InChI is InChI=1S/C10H18N2OS/c1-7(2)9(6-13)12-5-10-8(11)3-4-14-10/h3-4,7,9,12-13H,5-6,11H2,1-2H3/t9-/m1/s1. The van der Waals surface area contributed by atoms with E-state index < -0.39 is 0 Å². The summed E-state index contributed by atoms with van der Waals surface area (Å²) in [7, 11) is 0. The molecule has 0 fully saturated rings. The van der Waals surface area contributed by atoms with E-state index in [1.807, 2.05) is 11.4 Å². The van der Waals surface area contributed by atoms with Gasteiger partial charge in [-0.2, -0.15) is 0 Å². The van der Waals surface area contributed by atoms with Gasteiger partial charge in [0.1, 0.15) is 0 Å². The molecule has 4 N–H and O–H groups in total. The van der Waals surface area contributed by atoms with Crippen molar-refractivity contribution >= 4 is 17.0 Å². The molecule has 0 radical (unpaired) electrons. The van der Waals surface area contributed by atoms with E-state index in [0.717, 1.165) is 17.1 Å². The highest BCUT2D eigenvalue weighted by atomic mass is 32.1. The molecule has 1 heterocycles. The van der Waals surface area contributed by atoms with Crippen LogP contribution in [0.5, 0.6) is 0 Å². The van der Waals surface area contributed by atoms with E-state index in [2.05, 4.69) is 19.2 Å². The molecule has 0 bridgehead atoms. The van der Waals surface area contributed by atoms with Gasteiger partial charge in [-0.15, -0.1) is 11.3 Å². The Kier molecular flexibility index (Phi) is 4.38. The summed E-state index contributed by atoms with van der Waals surface area (Å²) in [6, 6.07) is 2.06. The van der Waals surface area contributed by atoms with E-state index in [0.29, 0.717) is 5.92 Å². The quantitative estimate of drug-likeness (QED) is 0.695. The first-order valence-electron chi connectivity index (χ1n) is 4.81. The molecule has 4 heteroatoms. The molecule has 1 aromatic rings. The number of nitrogens with one attached hydrogen (secondary N) is 1. The lowest BCUT2D eigenvalue weighted by molar-refractivity contribution is 0.210. The van der Waals surface area contributed by atoms with Crippen LogP contribution in [0.15, 0.2) is 11.4 Å². The number of hydrogen-bond acceptors (Lipinski definition) is 4. The van der Waals surface area contributed by atoms with E-state index in [9.17, 15) is 0 Å². The number of anilines is 1. The number of thiophene rings is 1. The largest absolute Gasteiger partial charge is 0.398 e. The van der Waals surface area contributed by atoms with Gasteiger partial charge in [-0.1, -0.05) is 13.8 Å². The van der Waals surface area contributed by atoms with Gasteiger partial charge in [-0.3, -0.25) is 0 Å². The minimum atomic E-state index is 0.150. The molecule has 0 spiro atoms. The second kappa shape index (κ2) is 5.34. The fourth-order valence-electron chi connectivity index (χ4n) is 1.23. The SMILES string of the molecule is CC(C)[C@@H](CO)NCc1sccc1N. The third-order valence-electron chi connectivity index (χ3n) is 2.31. The molecule has 0 aliphatic rings. The summed E-state index contributed by atoms with van der Waals surface area (Å²) in [6.07, 6.45) is 0. The van der Waals surface area contributed by atoms with Crippen molar-refractivity contribution in [3.05, 3.63) is 16.3 Å². The lowest BCUT2D eigenvalue weighted by Gasteiger charge is -2.19. The normalized spacial score (nSPS) is 13.4. The van der Waals surface area contributed by atoms with Gasteiger partial charge in [0.15, 0.2) is 0 Å². The second-order valence-electron chi connectivity index (χ2n) is 3.71. The molecule has 14 heavy (non-hydrogen) atoms. The highest BCUT2D eigenvalue weighted by Crippen LogP contribution is 2.18. The molecule has 0 saturated carbocycles. The van der Waals surface area contributed by atoms with E-state index in [1.54, 1.807) is 11.3 Å². The van der Waals surface area contributed by atoms with E-state index in [1.165, 1.54) is 0 Å². The van der Waals surface area contributed by atoms with E-state index in [-0.39, 0.29) is 12.6 Å². The molecule has 0 aromatic carbocycles. The van der Waals surface area contributed by atoms with Crippen LogP contribution in [0.2, 0.25) is 0 Å². The lowest BCUT2D eigenvalue weighted by atomic mass is 10.1. The highest BCUT2D eigenvalue weighted by Gasteiger charge is 2.11. The van der Waals surface area contributed by atoms with Gasteiger partial charge < -0.3 is 16.2 Å². The smallest absolute Gasteiger partial charge is 0.0587 e. The third-order valence-corrected chi connectivity index (χ3v) is 3.24. The summed E-state index contributed by atoms with van der Waals surface area (Å²) in [6.45, 7) is 5.09. The molecule has 80 valence electrons. The van der Waals surface area contributed by atoms with Crippen LogP contribution in [-0.2, 0) is 6.54 Å². The van der Waals surface area contributed by atoms with Crippen molar-refractivity contribution in [1.29, 1.82) is 0 Å². The maximum Gasteiger partial charge on any atom is 0.0587 e. The Hall–Kier alpha value is -0.580. The number of nitrogen functional groups attached to an aromatic ring is 1. The first kappa shape index (κ1) is 11.5. The van der Waals surface area contributed by atoms with Crippen LogP contribution in [0, 0.1) is 5.92 Å². The average molecular weight is 214 g/mol. The molecule has 0 unspecified atom stereocenters. The number of rotatable bonds is 5. The summed E-state index contributed by atoms with van der Waals surface area (Å²) < 4.78 is 0. The van der Waals surface area contributed by atoms with Gasteiger partial charge >= 0.3 is 0 Å². The maximum absolute atomic E-state index is 9.10. The fourth-order valence-corrected chi connectivity index (χ4v) is 1.98. The maximum atomic E-state index is 9.10. The summed E-state index contributed by atoms with van der Waals surface area (Å²) in [5.74, 6) is 0.432. The molecule has 3 nitrogen and oxygen atoms in total. The van der Waals surface area contributed by atoms with Crippen molar-refractivity contribution in [2.45, 2.75) is 26.4 Å². The molecule has 1 atom stereocenters. The monoisotopic (exact) mass is 214 g/mol. The Bertz CT molecular complexity index is 273. The Labute approximate surface area is 88.9 Å². The average Bonchev–Trinajstić information content (AvgIpc) is 2.52. The highest BCUT2D eigenvalue weighted by molar-refractivity contribution is 7.10. The minimum Gasteiger partial charge on any atom is -0.398 e. The number of aliphatic hydroxyl groups excluding tert-OH is 1. The van der Waals surface area contributed by atoms with Gasteiger partial charge in [-0.05, 0) is 17.4 Å². The summed E-state index contributed by atoms with van der Waals surface area (Å²) >= 11 is 1.64. The first-order chi connectivity index (χ1) is 6.65. The zero-order valence-electron chi connectivity index (χ0n) is 8.66.